The molecular formula is C18H23ClFN. The molecule has 3 heteroatoms. The molecule has 2 aliphatic carbocycles. The summed E-state index contributed by atoms with van der Waals surface area (Å²) in [7, 11) is 0. The van der Waals surface area contributed by atoms with Crippen molar-refractivity contribution in [3.05, 3.63) is 40.2 Å². The number of nitrogens with one attached hydrogen (secondary N) is 1. The standard InChI is InChI=1S/C18H23ClFN/c19-18-11-16(20)7-6-14(18)10-15(12-21-17-8-9-17)13-4-2-1-3-5-13/h6-7,10-11,13,17,21H,1-5,8-9,12H2/b15-10-. The van der Waals surface area contributed by atoms with E-state index in [0.29, 0.717) is 17.0 Å². The van der Waals surface area contributed by atoms with Gasteiger partial charge >= 0.3 is 0 Å². The topological polar surface area (TPSA) is 12.0 Å². The average molecular weight is 308 g/mol. The van der Waals surface area contributed by atoms with Crippen LogP contribution in [0.4, 0.5) is 4.39 Å². The Balaban J connectivity index is 1.79. The van der Waals surface area contributed by atoms with Gasteiger partial charge in [0.2, 0.25) is 0 Å². The van der Waals surface area contributed by atoms with Crippen molar-refractivity contribution in [1.82, 2.24) is 5.32 Å². The molecule has 2 fully saturated rings. The number of halogens is 2. The summed E-state index contributed by atoms with van der Waals surface area (Å²) < 4.78 is 13.2. The summed E-state index contributed by atoms with van der Waals surface area (Å²) in [5.74, 6) is 0.388. The van der Waals surface area contributed by atoms with E-state index in [1.807, 2.05) is 0 Å². The fraction of sp³-hybridized carbons (Fsp3) is 0.556. The van der Waals surface area contributed by atoms with Crippen LogP contribution in [0.15, 0.2) is 23.8 Å². The zero-order valence-electron chi connectivity index (χ0n) is 12.4. The maximum atomic E-state index is 13.2. The van der Waals surface area contributed by atoms with E-state index in [0.717, 1.165) is 12.1 Å². The van der Waals surface area contributed by atoms with Crippen LogP contribution in [-0.2, 0) is 0 Å². The summed E-state index contributed by atoms with van der Waals surface area (Å²) in [6, 6.07) is 5.39. The lowest BCUT2D eigenvalue weighted by molar-refractivity contribution is 0.396. The van der Waals surface area contributed by atoms with Crippen LogP contribution in [0.3, 0.4) is 0 Å². The van der Waals surface area contributed by atoms with E-state index in [1.165, 1.54) is 62.7 Å². The van der Waals surface area contributed by atoms with E-state index in [-0.39, 0.29) is 5.82 Å². The van der Waals surface area contributed by atoms with Crippen molar-refractivity contribution in [3.63, 3.8) is 0 Å². The van der Waals surface area contributed by atoms with Gasteiger partial charge in [-0.25, -0.2) is 4.39 Å². The van der Waals surface area contributed by atoms with Crippen molar-refractivity contribution < 1.29 is 4.39 Å². The minimum absolute atomic E-state index is 0.271. The van der Waals surface area contributed by atoms with E-state index in [4.69, 9.17) is 11.6 Å². The second kappa shape index (κ2) is 6.93. The van der Waals surface area contributed by atoms with Crippen molar-refractivity contribution in [3.8, 4) is 0 Å². The summed E-state index contributed by atoms with van der Waals surface area (Å²) in [4.78, 5) is 0. The van der Waals surface area contributed by atoms with Crippen LogP contribution in [0.25, 0.3) is 6.08 Å². The first-order valence-corrected chi connectivity index (χ1v) is 8.49. The van der Waals surface area contributed by atoms with E-state index >= 15 is 0 Å². The Hall–Kier alpha value is -0.860. The fourth-order valence-corrected chi connectivity index (χ4v) is 3.38. The van der Waals surface area contributed by atoms with Crippen LogP contribution < -0.4 is 5.32 Å². The largest absolute Gasteiger partial charge is 0.310 e. The molecule has 0 saturated heterocycles. The highest BCUT2D eigenvalue weighted by Crippen LogP contribution is 2.32. The quantitative estimate of drug-likeness (QED) is 0.789. The molecular weight excluding hydrogens is 285 g/mol. The van der Waals surface area contributed by atoms with Crippen LogP contribution in [-0.4, -0.2) is 12.6 Å². The highest BCUT2D eigenvalue weighted by molar-refractivity contribution is 6.32. The van der Waals surface area contributed by atoms with Gasteiger partial charge in [0.05, 0.1) is 5.02 Å². The molecule has 0 spiro atoms. The van der Waals surface area contributed by atoms with E-state index in [2.05, 4.69) is 11.4 Å². The lowest BCUT2D eigenvalue weighted by Gasteiger charge is -2.25. The van der Waals surface area contributed by atoms with Crippen LogP contribution in [0, 0.1) is 11.7 Å². The van der Waals surface area contributed by atoms with Gasteiger partial charge in [-0.05, 0) is 49.3 Å². The van der Waals surface area contributed by atoms with Gasteiger partial charge in [0, 0.05) is 12.6 Å². The van der Waals surface area contributed by atoms with Gasteiger partial charge in [0.15, 0.2) is 0 Å². The fourth-order valence-electron chi connectivity index (χ4n) is 3.15. The zero-order chi connectivity index (χ0) is 14.7. The van der Waals surface area contributed by atoms with Crippen molar-refractivity contribution in [1.29, 1.82) is 0 Å². The minimum Gasteiger partial charge on any atom is -0.310 e. The molecule has 1 aromatic carbocycles. The molecule has 0 unspecified atom stereocenters. The first-order valence-electron chi connectivity index (χ1n) is 8.11. The number of rotatable bonds is 5. The summed E-state index contributed by atoms with van der Waals surface area (Å²) in [6.07, 6.45) is 11.3. The molecule has 0 amide bonds. The molecule has 1 N–H and O–H groups in total. The third-order valence-corrected chi connectivity index (χ3v) is 4.93. The molecule has 3 rings (SSSR count). The predicted molar refractivity (Wildman–Crippen MR) is 87.0 cm³/mol. The Bertz CT molecular complexity index is 516. The van der Waals surface area contributed by atoms with Crippen LogP contribution >= 0.6 is 11.6 Å². The van der Waals surface area contributed by atoms with Gasteiger partial charge in [-0.1, -0.05) is 48.6 Å². The van der Waals surface area contributed by atoms with Crippen molar-refractivity contribution >= 4 is 17.7 Å². The van der Waals surface area contributed by atoms with Crippen LogP contribution in [0.2, 0.25) is 5.02 Å². The van der Waals surface area contributed by atoms with E-state index in [9.17, 15) is 4.39 Å². The van der Waals surface area contributed by atoms with Crippen molar-refractivity contribution in [2.75, 3.05) is 6.54 Å². The minimum atomic E-state index is -0.271. The highest BCUT2D eigenvalue weighted by Gasteiger charge is 2.23. The Morgan fingerprint density at radius 3 is 2.62 bits per heavy atom. The normalized spacial score (nSPS) is 20.8. The maximum Gasteiger partial charge on any atom is 0.124 e. The summed E-state index contributed by atoms with van der Waals surface area (Å²) in [6.45, 7) is 0.947. The molecule has 2 saturated carbocycles. The molecule has 0 bridgehead atoms. The first-order chi connectivity index (χ1) is 10.2. The molecule has 0 aromatic heterocycles. The smallest absolute Gasteiger partial charge is 0.124 e. The molecule has 0 atom stereocenters. The lowest BCUT2D eigenvalue weighted by Crippen LogP contribution is -2.24. The van der Waals surface area contributed by atoms with Gasteiger partial charge < -0.3 is 5.32 Å². The van der Waals surface area contributed by atoms with Gasteiger partial charge in [-0.2, -0.15) is 0 Å². The Labute approximate surface area is 131 Å². The maximum absolute atomic E-state index is 13.2. The highest BCUT2D eigenvalue weighted by atomic mass is 35.5. The Morgan fingerprint density at radius 1 is 1.19 bits per heavy atom. The van der Waals surface area contributed by atoms with Crippen molar-refractivity contribution in [2.24, 2.45) is 5.92 Å². The lowest BCUT2D eigenvalue weighted by atomic mass is 9.83. The second-order valence-corrected chi connectivity index (χ2v) is 6.78. The molecule has 2 aliphatic rings. The summed E-state index contributed by atoms with van der Waals surface area (Å²) in [5.41, 5.74) is 2.38. The first kappa shape index (κ1) is 15.1. The third kappa shape index (κ3) is 4.31. The Morgan fingerprint density at radius 2 is 1.95 bits per heavy atom. The molecule has 0 heterocycles. The van der Waals surface area contributed by atoms with Gasteiger partial charge in [0.1, 0.15) is 5.82 Å². The summed E-state index contributed by atoms with van der Waals surface area (Å²) in [5, 5.41) is 4.13. The van der Waals surface area contributed by atoms with E-state index in [1.54, 1.807) is 6.07 Å². The predicted octanol–water partition coefficient (Wildman–Crippen LogP) is 5.19. The molecule has 1 aromatic rings. The average Bonchev–Trinajstić information content (AvgIpc) is 3.31. The van der Waals surface area contributed by atoms with Crippen LogP contribution in [0.1, 0.15) is 50.5 Å². The zero-order valence-corrected chi connectivity index (χ0v) is 13.1. The molecule has 0 aliphatic heterocycles. The number of hydrogen-bond acceptors (Lipinski definition) is 1. The summed E-state index contributed by atoms with van der Waals surface area (Å²) >= 11 is 6.18. The van der Waals surface area contributed by atoms with E-state index < -0.39 is 0 Å². The SMILES string of the molecule is Fc1ccc(/C=C(/CNC2CC2)C2CCCCC2)c(Cl)c1. The van der Waals surface area contributed by atoms with Gasteiger partial charge in [-0.3, -0.25) is 0 Å². The van der Waals surface area contributed by atoms with Gasteiger partial charge in [-0.15, -0.1) is 0 Å². The number of hydrogen-bond donors (Lipinski definition) is 1. The Kier molecular flexibility index (Phi) is 4.97. The van der Waals surface area contributed by atoms with Crippen molar-refractivity contribution in [2.45, 2.75) is 51.0 Å². The number of benzene rings is 1. The molecule has 0 radical (unpaired) electrons. The van der Waals surface area contributed by atoms with Gasteiger partial charge in [0.25, 0.3) is 0 Å². The molecule has 1 nitrogen and oxygen atoms in total. The second-order valence-electron chi connectivity index (χ2n) is 6.38. The third-order valence-electron chi connectivity index (χ3n) is 4.61. The molecule has 21 heavy (non-hydrogen) atoms. The molecule has 114 valence electrons. The van der Waals surface area contributed by atoms with Crippen LogP contribution in [0.5, 0.6) is 0 Å². The monoisotopic (exact) mass is 307 g/mol.